The molecule has 0 radical (unpaired) electrons. The van der Waals surface area contributed by atoms with Crippen LogP contribution in [-0.2, 0) is 6.42 Å². The van der Waals surface area contributed by atoms with Crippen molar-refractivity contribution in [2.75, 3.05) is 24.3 Å². The number of nitrogens with zero attached hydrogens (tertiary/aromatic N) is 1. The number of carbonyl (C=O) groups excluding carboxylic acids is 1. The maximum absolute atomic E-state index is 13.4. The van der Waals surface area contributed by atoms with Crippen LogP contribution in [0.2, 0.25) is 0 Å². The smallest absolute Gasteiger partial charge is 0.258 e. The number of rotatable bonds is 2. The third kappa shape index (κ3) is 2.31. The minimum Gasteiger partial charge on any atom is -0.495 e. The molecule has 0 aliphatic carbocycles. The summed E-state index contributed by atoms with van der Waals surface area (Å²) in [6, 6.07) is 9.43. The van der Waals surface area contributed by atoms with Gasteiger partial charge in [-0.3, -0.25) is 4.79 Å². The van der Waals surface area contributed by atoms with Gasteiger partial charge >= 0.3 is 0 Å². The molecule has 0 saturated carbocycles. The first-order chi connectivity index (χ1) is 10.1. The van der Waals surface area contributed by atoms with E-state index in [2.05, 4.69) is 0 Å². The lowest BCUT2D eigenvalue weighted by molar-refractivity contribution is 0.0989. The average molecular weight is 286 g/mol. The highest BCUT2D eigenvalue weighted by atomic mass is 19.1. The Balaban J connectivity index is 1.94. The Kier molecular flexibility index (Phi) is 3.25. The summed E-state index contributed by atoms with van der Waals surface area (Å²) >= 11 is 0. The first kappa shape index (κ1) is 13.4. The number of anilines is 2. The molecule has 1 aliphatic heterocycles. The van der Waals surface area contributed by atoms with Gasteiger partial charge in [0.2, 0.25) is 0 Å². The van der Waals surface area contributed by atoms with E-state index in [-0.39, 0.29) is 11.7 Å². The number of benzene rings is 2. The number of nitrogens with two attached hydrogens (primary N) is 1. The van der Waals surface area contributed by atoms with Crippen molar-refractivity contribution in [3.63, 3.8) is 0 Å². The number of hydrogen-bond donors (Lipinski definition) is 1. The van der Waals surface area contributed by atoms with Crippen molar-refractivity contribution >= 4 is 17.3 Å². The molecule has 0 aromatic heterocycles. The third-order valence-corrected chi connectivity index (χ3v) is 3.66. The normalized spacial score (nSPS) is 13.1. The number of halogens is 1. The zero-order chi connectivity index (χ0) is 15.0. The van der Waals surface area contributed by atoms with Crippen LogP contribution in [-0.4, -0.2) is 19.6 Å². The van der Waals surface area contributed by atoms with Gasteiger partial charge in [-0.15, -0.1) is 0 Å². The molecule has 2 aromatic carbocycles. The van der Waals surface area contributed by atoms with E-state index in [1.165, 1.54) is 19.2 Å². The maximum atomic E-state index is 13.4. The fourth-order valence-corrected chi connectivity index (χ4v) is 2.59. The summed E-state index contributed by atoms with van der Waals surface area (Å²) in [4.78, 5) is 14.2. The molecule has 1 aliphatic rings. The lowest BCUT2D eigenvalue weighted by atomic mass is 10.1. The summed E-state index contributed by atoms with van der Waals surface area (Å²) in [5.41, 5.74) is 8.31. The molecule has 108 valence electrons. The Labute approximate surface area is 121 Å². The van der Waals surface area contributed by atoms with E-state index in [0.717, 1.165) is 12.0 Å². The monoisotopic (exact) mass is 286 g/mol. The molecule has 2 N–H and O–H groups in total. The molecule has 0 atom stereocenters. The predicted octanol–water partition coefficient (Wildman–Crippen LogP) is 2.62. The van der Waals surface area contributed by atoms with Gasteiger partial charge in [-0.05, 0) is 42.3 Å². The molecule has 2 aromatic rings. The molecular formula is C16H15FN2O2. The summed E-state index contributed by atoms with van der Waals surface area (Å²) in [6.07, 6.45) is 0.729. The van der Waals surface area contributed by atoms with Gasteiger partial charge in [-0.25, -0.2) is 4.39 Å². The van der Waals surface area contributed by atoms with Gasteiger partial charge < -0.3 is 15.4 Å². The fraction of sp³-hybridized carbons (Fsp3) is 0.188. The number of methoxy groups -OCH3 is 1. The number of ether oxygens (including phenoxy) is 1. The molecule has 0 spiro atoms. The van der Waals surface area contributed by atoms with Crippen LogP contribution in [0, 0.1) is 5.82 Å². The van der Waals surface area contributed by atoms with Crippen LogP contribution >= 0.6 is 0 Å². The quantitative estimate of drug-likeness (QED) is 0.863. The van der Waals surface area contributed by atoms with Crippen LogP contribution in [0.4, 0.5) is 15.8 Å². The van der Waals surface area contributed by atoms with Crippen LogP contribution in [0.5, 0.6) is 5.75 Å². The van der Waals surface area contributed by atoms with Gasteiger partial charge in [-0.2, -0.15) is 0 Å². The van der Waals surface area contributed by atoms with Crippen LogP contribution in [0.3, 0.4) is 0 Å². The maximum Gasteiger partial charge on any atom is 0.258 e. The van der Waals surface area contributed by atoms with Crippen LogP contribution in [0.15, 0.2) is 36.4 Å². The van der Waals surface area contributed by atoms with E-state index in [1.54, 1.807) is 29.2 Å². The Morgan fingerprint density at radius 3 is 2.81 bits per heavy atom. The molecular weight excluding hydrogens is 271 g/mol. The van der Waals surface area contributed by atoms with Crippen LogP contribution < -0.4 is 15.4 Å². The summed E-state index contributed by atoms with van der Waals surface area (Å²) in [7, 11) is 1.52. The van der Waals surface area contributed by atoms with E-state index in [0.29, 0.717) is 29.2 Å². The van der Waals surface area contributed by atoms with Gasteiger partial charge in [0.05, 0.1) is 18.5 Å². The molecule has 4 nitrogen and oxygen atoms in total. The van der Waals surface area contributed by atoms with Crippen molar-refractivity contribution < 1.29 is 13.9 Å². The van der Waals surface area contributed by atoms with Crippen molar-refractivity contribution in [3.05, 3.63) is 53.3 Å². The minimum absolute atomic E-state index is 0.186. The molecule has 5 heteroatoms. The summed E-state index contributed by atoms with van der Waals surface area (Å²) in [5.74, 6) is -0.00388. The predicted molar refractivity (Wildman–Crippen MR) is 79.2 cm³/mol. The second-order valence-electron chi connectivity index (χ2n) is 4.94. The number of nitrogen functional groups attached to an aromatic ring is 1. The Morgan fingerprint density at radius 1 is 1.29 bits per heavy atom. The largest absolute Gasteiger partial charge is 0.495 e. The summed E-state index contributed by atoms with van der Waals surface area (Å²) < 4.78 is 18.5. The molecule has 3 rings (SSSR count). The first-order valence-electron chi connectivity index (χ1n) is 6.64. The Hall–Kier alpha value is -2.56. The van der Waals surface area contributed by atoms with E-state index < -0.39 is 0 Å². The highest BCUT2D eigenvalue weighted by Gasteiger charge is 2.26. The van der Waals surface area contributed by atoms with Crippen LogP contribution in [0.25, 0.3) is 0 Å². The number of hydrogen-bond acceptors (Lipinski definition) is 3. The van der Waals surface area contributed by atoms with E-state index in [4.69, 9.17) is 10.5 Å². The first-order valence-corrected chi connectivity index (χ1v) is 6.64. The van der Waals surface area contributed by atoms with Crippen LogP contribution in [0.1, 0.15) is 15.9 Å². The van der Waals surface area contributed by atoms with Gasteiger partial charge in [0, 0.05) is 12.1 Å². The Bertz CT molecular complexity index is 715. The summed E-state index contributed by atoms with van der Waals surface area (Å²) in [6.45, 7) is 0.545. The minimum atomic E-state index is -0.345. The Morgan fingerprint density at radius 2 is 2.10 bits per heavy atom. The van der Waals surface area contributed by atoms with Gasteiger partial charge in [0.15, 0.2) is 0 Å². The SMILES string of the molecule is COc1ccc(C(=O)N2CCc3ccc(F)cc32)cc1N. The topological polar surface area (TPSA) is 55.6 Å². The van der Waals surface area contributed by atoms with Gasteiger partial charge in [-0.1, -0.05) is 6.07 Å². The zero-order valence-corrected chi connectivity index (χ0v) is 11.6. The molecule has 0 fully saturated rings. The summed E-state index contributed by atoms with van der Waals surface area (Å²) in [5, 5.41) is 0. The van der Waals surface area contributed by atoms with Crippen molar-refractivity contribution in [2.24, 2.45) is 0 Å². The van der Waals surface area contributed by atoms with Gasteiger partial charge in [0.25, 0.3) is 5.91 Å². The molecule has 0 bridgehead atoms. The highest BCUT2D eigenvalue weighted by Crippen LogP contribution is 2.31. The number of amides is 1. The molecule has 0 saturated heterocycles. The van der Waals surface area contributed by atoms with E-state index >= 15 is 0 Å². The zero-order valence-electron chi connectivity index (χ0n) is 11.6. The molecule has 1 amide bonds. The lowest BCUT2D eigenvalue weighted by Crippen LogP contribution is -2.29. The number of carbonyl (C=O) groups is 1. The standard InChI is InChI=1S/C16H15FN2O2/c1-21-15-5-3-11(8-13(15)18)16(20)19-7-6-10-2-4-12(17)9-14(10)19/h2-5,8-9H,6-7,18H2,1H3. The highest BCUT2D eigenvalue weighted by molar-refractivity contribution is 6.07. The second-order valence-corrected chi connectivity index (χ2v) is 4.94. The average Bonchev–Trinajstić information content (AvgIpc) is 2.89. The fourth-order valence-electron chi connectivity index (χ4n) is 2.59. The number of fused-ring (bicyclic) bond motifs is 1. The molecule has 21 heavy (non-hydrogen) atoms. The van der Waals surface area contributed by atoms with Crippen molar-refractivity contribution in [2.45, 2.75) is 6.42 Å². The van der Waals surface area contributed by atoms with Crippen molar-refractivity contribution in [3.8, 4) is 5.75 Å². The third-order valence-electron chi connectivity index (χ3n) is 3.66. The molecule has 0 unspecified atom stereocenters. The van der Waals surface area contributed by atoms with E-state index in [9.17, 15) is 9.18 Å². The van der Waals surface area contributed by atoms with E-state index in [1.807, 2.05) is 0 Å². The van der Waals surface area contributed by atoms with Crippen molar-refractivity contribution in [1.82, 2.24) is 0 Å². The molecule has 1 heterocycles. The lowest BCUT2D eigenvalue weighted by Gasteiger charge is -2.18. The van der Waals surface area contributed by atoms with Gasteiger partial charge in [0.1, 0.15) is 11.6 Å². The second kappa shape index (κ2) is 5.09. The van der Waals surface area contributed by atoms with Crippen molar-refractivity contribution in [1.29, 1.82) is 0 Å².